The van der Waals surface area contributed by atoms with E-state index in [4.69, 9.17) is 9.47 Å². The Bertz CT molecular complexity index is 1250. The van der Waals surface area contributed by atoms with E-state index in [-0.39, 0.29) is 17.9 Å². The largest absolute Gasteiger partial charge is 0.493 e. The highest BCUT2D eigenvalue weighted by molar-refractivity contribution is 7.99. The lowest BCUT2D eigenvalue weighted by Gasteiger charge is -2.28. The number of thioether (sulfide) groups is 1. The van der Waals surface area contributed by atoms with Crippen molar-refractivity contribution in [1.82, 2.24) is 9.55 Å². The van der Waals surface area contributed by atoms with Crippen LogP contribution in [0.3, 0.4) is 0 Å². The summed E-state index contributed by atoms with van der Waals surface area (Å²) in [5, 5.41) is 3.45. The summed E-state index contributed by atoms with van der Waals surface area (Å²) in [7, 11) is 3.39. The lowest BCUT2D eigenvalue weighted by molar-refractivity contribution is -0.116. The number of rotatable bonds is 7. The highest BCUT2D eigenvalue weighted by Gasteiger charge is 2.32. The summed E-state index contributed by atoms with van der Waals surface area (Å²) in [4.78, 5) is 29.8. The molecule has 1 N–H and O–H groups in total. The Kier molecular flexibility index (Phi) is 6.74. The van der Waals surface area contributed by atoms with Crippen molar-refractivity contribution < 1.29 is 14.3 Å². The number of methoxy groups -OCH3 is 1. The van der Waals surface area contributed by atoms with Crippen LogP contribution in [0, 0.1) is 6.92 Å². The number of nitrogens with one attached hydrogen (secondary N) is 1. The number of anilines is 1. The molecule has 3 aromatic rings. The molecule has 2 heterocycles. The molecule has 1 aliphatic heterocycles. The predicted octanol–water partition coefficient (Wildman–Crippen LogP) is 4.26. The van der Waals surface area contributed by atoms with Gasteiger partial charge in [-0.1, -0.05) is 54.6 Å². The maximum atomic E-state index is 13.0. The van der Waals surface area contributed by atoms with E-state index in [9.17, 15) is 9.59 Å². The lowest BCUT2D eigenvalue weighted by Crippen LogP contribution is -2.33. The molecular weight excluding hydrogens is 438 g/mol. The van der Waals surface area contributed by atoms with Gasteiger partial charge in [-0.05, 0) is 35.9 Å². The predicted molar refractivity (Wildman–Crippen MR) is 129 cm³/mol. The van der Waals surface area contributed by atoms with Crippen LogP contribution in [0.5, 0.6) is 11.5 Å². The summed E-state index contributed by atoms with van der Waals surface area (Å²) < 4.78 is 13.4. The van der Waals surface area contributed by atoms with Gasteiger partial charge in [0.05, 0.1) is 12.7 Å². The highest BCUT2D eigenvalue weighted by Crippen LogP contribution is 2.39. The molecule has 1 amide bonds. The van der Waals surface area contributed by atoms with Crippen LogP contribution in [0.2, 0.25) is 0 Å². The number of hydrogen-bond acceptors (Lipinski definition) is 6. The van der Waals surface area contributed by atoms with Crippen LogP contribution in [0.25, 0.3) is 0 Å². The molecule has 0 bridgehead atoms. The smallest absolute Gasteiger partial charge is 0.279 e. The second-order valence-corrected chi connectivity index (χ2v) is 9.18. The van der Waals surface area contributed by atoms with E-state index in [2.05, 4.69) is 16.4 Å². The van der Waals surface area contributed by atoms with Gasteiger partial charge in [0.2, 0.25) is 5.91 Å². The normalized spacial score (nSPS) is 15.0. The Hall–Kier alpha value is -3.26. The molecule has 7 nitrogen and oxygen atoms in total. The quantitative estimate of drug-likeness (QED) is 0.415. The minimum Gasteiger partial charge on any atom is -0.493 e. The van der Waals surface area contributed by atoms with Gasteiger partial charge in [0.1, 0.15) is 12.4 Å². The molecule has 0 saturated carbocycles. The zero-order valence-electron chi connectivity index (χ0n) is 19.2. The summed E-state index contributed by atoms with van der Waals surface area (Å²) in [6.07, 6.45) is 0.164. The van der Waals surface area contributed by atoms with Crippen LogP contribution in [-0.4, -0.2) is 28.3 Å². The van der Waals surface area contributed by atoms with Gasteiger partial charge >= 0.3 is 0 Å². The van der Waals surface area contributed by atoms with Crippen molar-refractivity contribution in [2.75, 3.05) is 18.2 Å². The fourth-order valence-electron chi connectivity index (χ4n) is 4.06. The van der Waals surface area contributed by atoms with Gasteiger partial charge in [0.15, 0.2) is 16.7 Å². The van der Waals surface area contributed by atoms with Crippen LogP contribution in [0.1, 0.15) is 41.5 Å². The number of nitrogens with zero attached hydrogens (tertiary/aromatic N) is 2. The minimum absolute atomic E-state index is 0.139. The van der Waals surface area contributed by atoms with E-state index in [0.717, 1.165) is 16.9 Å². The van der Waals surface area contributed by atoms with E-state index < -0.39 is 5.92 Å². The summed E-state index contributed by atoms with van der Waals surface area (Å²) in [5.41, 5.74) is 3.22. The van der Waals surface area contributed by atoms with Gasteiger partial charge in [-0.3, -0.25) is 9.59 Å². The van der Waals surface area contributed by atoms with Crippen molar-refractivity contribution in [3.63, 3.8) is 0 Å². The molecule has 0 saturated heterocycles. The molecule has 1 aromatic heterocycles. The van der Waals surface area contributed by atoms with Gasteiger partial charge in [-0.2, -0.15) is 4.98 Å². The SMILES string of the molecule is CCSc1nc(=O)c2c(n1C)NC(=O)CC2c1ccc(OCc2cccc(C)c2)c(OC)c1. The first-order valence-corrected chi connectivity index (χ1v) is 11.8. The second kappa shape index (κ2) is 9.70. The zero-order chi connectivity index (χ0) is 23.5. The fraction of sp³-hybridized carbons (Fsp3) is 0.320. The first-order valence-electron chi connectivity index (χ1n) is 10.8. The average Bonchev–Trinajstić information content (AvgIpc) is 2.80. The van der Waals surface area contributed by atoms with Crippen LogP contribution < -0.4 is 20.3 Å². The molecule has 0 aliphatic carbocycles. The molecular formula is C25H27N3O4S. The molecule has 4 rings (SSSR count). The third-order valence-electron chi connectivity index (χ3n) is 5.64. The first-order chi connectivity index (χ1) is 15.9. The Labute approximate surface area is 197 Å². The van der Waals surface area contributed by atoms with Gasteiger partial charge in [-0.15, -0.1) is 0 Å². The van der Waals surface area contributed by atoms with Crippen LogP contribution in [-0.2, 0) is 18.4 Å². The van der Waals surface area contributed by atoms with Gasteiger partial charge in [0.25, 0.3) is 5.56 Å². The van der Waals surface area contributed by atoms with E-state index in [1.807, 2.05) is 57.3 Å². The van der Waals surface area contributed by atoms with Gasteiger partial charge in [-0.25, -0.2) is 0 Å². The topological polar surface area (TPSA) is 82.5 Å². The third-order valence-corrected chi connectivity index (χ3v) is 6.55. The lowest BCUT2D eigenvalue weighted by atomic mass is 9.86. The number of hydrogen-bond donors (Lipinski definition) is 1. The minimum atomic E-state index is -0.416. The molecule has 0 spiro atoms. The number of carbonyl (C=O) groups excluding carboxylic acids is 1. The number of carbonyl (C=O) groups is 1. The Morgan fingerprint density at radius 3 is 2.73 bits per heavy atom. The summed E-state index contributed by atoms with van der Waals surface area (Å²) >= 11 is 1.46. The van der Waals surface area contributed by atoms with Gasteiger partial charge < -0.3 is 19.4 Å². The number of benzene rings is 2. The number of amides is 1. The van der Waals surface area contributed by atoms with E-state index >= 15 is 0 Å². The van der Waals surface area contributed by atoms with Crippen molar-refractivity contribution in [3.05, 3.63) is 75.1 Å². The first kappa shape index (κ1) is 22.9. The Balaban J connectivity index is 1.68. The molecule has 0 radical (unpaired) electrons. The monoisotopic (exact) mass is 465 g/mol. The molecule has 1 aliphatic rings. The van der Waals surface area contributed by atoms with Crippen LogP contribution >= 0.6 is 11.8 Å². The zero-order valence-corrected chi connectivity index (χ0v) is 20.0. The number of fused-ring (bicyclic) bond motifs is 1. The van der Waals surface area contributed by atoms with Crippen molar-refractivity contribution in [2.45, 2.75) is 37.9 Å². The molecule has 1 unspecified atom stereocenters. The van der Waals surface area contributed by atoms with E-state index in [1.54, 1.807) is 11.7 Å². The molecule has 33 heavy (non-hydrogen) atoms. The molecule has 172 valence electrons. The molecule has 2 aromatic carbocycles. The second-order valence-electron chi connectivity index (χ2n) is 7.95. The van der Waals surface area contributed by atoms with Crippen molar-refractivity contribution in [2.24, 2.45) is 7.05 Å². The van der Waals surface area contributed by atoms with Crippen LogP contribution in [0.4, 0.5) is 5.82 Å². The summed E-state index contributed by atoms with van der Waals surface area (Å²) in [6, 6.07) is 13.7. The van der Waals surface area contributed by atoms with Crippen molar-refractivity contribution >= 4 is 23.5 Å². The van der Waals surface area contributed by atoms with Gasteiger partial charge in [0, 0.05) is 19.4 Å². The summed E-state index contributed by atoms with van der Waals surface area (Å²) in [6.45, 7) is 4.45. The maximum Gasteiger partial charge on any atom is 0.279 e. The number of ether oxygens (including phenoxy) is 2. The molecule has 1 atom stereocenters. The average molecular weight is 466 g/mol. The van der Waals surface area contributed by atoms with Crippen molar-refractivity contribution in [3.8, 4) is 11.5 Å². The Morgan fingerprint density at radius 2 is 2.00 bits per heavy atom. The molecule has 0 fully saturated rings. The highest BCUT2D eigenvalue weighted by atomic mass is 32.2. The molecule has 8 heteroatoms. The number of aryl methyl sites for hydroxylation is 1. The number of aromatic nitrogens is 2. The van der Waals surface area contributed by atoms with E-state index in [0.29, 0.717) is 34.6 Å². The van der Waals surface area contributed by atoms with E-state index in [1.165, 1.54) is 17.3 Å². The summed E-state index contributed by atoms with van der Waals surface area (Å²) in [5.74, 6) is 1.88. The standard InChI is InChI=1S/C25H27N3O4S/c1-5-33-25-27-24(30)22-18(13-21(29)26-23(22)28(25)3)17-9-10-19(20(12-17)31-4)32-14-16-8-6-7-15(2)11-16/h6-12,18H,5,13-14H2,1-4H3,(H,26,29). The maximum absolute atomic E-state index is 13.0. The van der Waals surface area contributed by atoms with Crippen LogP contribution in [0.15, 0.2) is 52.4 Å². The Morgan fingerprint density at radius 1 is 1.18 bits per heavy atom. The fourth-order valence-corrected chi connectivity index (χ4v) is 4.75. The van der Waals surface area contributed by atoms with Crippen molar-refractivity contribution in [1.29, 1.82) is 0 Å². The third kappa shape index (κ3) is 4.75.